The lowest BCUT2D eigenvalue weighted by Crippen LogP contribution is -2.36. The van der Waals surface area contributed by atoms with E-state index in [1.54, 1.807) is 24.3 Å². The summed E-state index contributed by atoms with van der Waals surface area (Å²) in [6, 6.07) is 10.8. The van der Waals surface area contributed by atoms with E-state index in [4.69, 9.17) is 9.72 Å². The Hall–Kier alpha value is -3.35. The summed E-state index contributed by atoms with van der Waals surface area (Å²) in [7, 11) is 3.46. The standard InChI is InChI=1S/C25H30N4O3/c1-4-22-27-19-14-16(24(30)26-17-10-6-5-7-11-17)15-20(23(19)29(22)2)28-25(31)18-12-8-9-13-21(18)32-3/h8-9,12-15,17H,4-7,10-11H2,1-3H3,(H,26,30)(H,28,31). The number of aryl methyl sites for hydroxylation is 2. The Bertz CT molecular complexity index is 1150. The summed E-state index contributed by atoms with van der Waals surface area (Å²) in [4.78, 5) is 30.9. The quantitative estimate of drug-likeness (QED) is 0.600. The number of methoxy groups -OCH3 is 1. The summed E-state index contributed by atoms with van der Waals surface area (Å²) in [5.74, 6) is 0.951. The van der Waals surface area contributed by atoms with Crippen molar-refractivity contribution in [2.24, 2.45) is 7.05 Å². The Balaban J connectivity index is 1.71. The van der Waals surface area contributed by atoms with E-state index in [9.17, 15) is 9.59 Å². The SMILES string of the molecule is CCc1nc2cc(C(=O)NC3CCCCC3)cc(NC(=O)c3ccccc3OC)c2n1C. The molecule has 4 rings (SSSR count). The van der Waals surface area contributed by atoms with Gasteiger partial charge in [0.2, 0.25) is 0 Å². The largest absolute Gasteiger partial charge is 0.496 e. The maximum atomic E-state index is 13.1. The van der Waals surface area contributed by atoms with Gasteiger partial charge >= 0.3 is 0 Å². The topological polar surface area (TPSA) is 85.2 Å². The lowest BCUT2D eigenvalue weighted by Gasteiger charge is -2.23. The van der Waals surface area contributed by atoms with Crippen LogP contribution in [0.2, 0.25) is 0 Å². The highest BCUT2D eigenvalue weighted by atomic mass is 16.5. The van der Waals surface area contributed by atoms with Crippen LogP contribution >= 0.6 is 0 Å². The fraction of sp³-hybridized carbons (Fsp3) is 0.400. The summed E-state index contributed by atoms with van der Waals surface area (Å²) >= 11 is 0. The molecule has 1 aliphatic carbocycles. The zero-order chi connectivity index (χ0) is 22.7. The average molecular weight is 435 g/mol. The molecule has 1 aliphatic rings. The monoisotopic (exact) mass is 434 g/mol. The zero-order valence-electron chi connectivity index (χ0n) is 18.9. The molecule has 2 N–H and O–H groups in total. The molecule has 1 heterocycles. The third-order valence-corrected chi connectivity index (χ3v) is 6.18. The van der Waals surface area contributed by atoms with Crippen LogP contribution in [0.15, 0.2) is 36.4 Å². The average Bonchev–Trinajstić information content (AvgIpc) is 3.15. The Labute approximate surface area is 188 Å². The number of nitrogens with zero attached hydrogens (tertiary/aromatic N) is 2. The molecule has 0 atom stereocenters. The number of aromatic nitrogens is 2. The highest BCUT2D eigenvalue weighted by Crippen LogP contribution is 2.28. The molecule has 3 aromatic rings. The van der Waals surface area contributed by atoms with Gasteiger partial charge in [0.25, 0.3) is 11.8 Å². The van der Waals surface area contributed by atoms with E-state index >= 15 is 0 Å². The molecule has 0 unspecified atom stereocenters. The molecular weight excluding hydrogens is 404 g/mol. The van der Waals surface area contributed by atoms with E-state index in [2.05, 4.69) is 10.6 Å². The molecule has 0 saturated heterocycles. The molecule has 0 spiro atoms. The van der Waals surface area contributed by atoms with Gasteiger partial charge in [-0.2, -0.15) is 0 Å². The summed E-state index contributed by atoms with van der Waals surface area (Å²) in [6.45, 7) is 2.03. The fourth-order valence-corrected chi connectivity index (χ4v) is 4.48. The van der Waals surface area contributed by atoms with Gasteiger partial charge in [0.15, 0.2) is 0 Å². The summed E-state index contributed by atoms with van der Waals surface area (Å²) in [5, 5.41) is 6.15. The second-order valence-corrected chi connectivity index (χ2v) is 8.29. The smallest absolute Gasteiger partial charge is 0.259 e. The highest BCUT2D eigenvalue weighted by Gasteiger charge is 2.21. The van der Waals surface area contributed by atoms with Crippen LogP contribution in [-0.4, -0.2) is 34.5 Å². The van der Waals surface area contributed by atoms with Gasteiger partial charge in [-0.25, -0.2) is 4.98 Å². The van der Waals surface area contributed by atoms with Gasteiger partial charge in [-0.1, -0.05) is 38.3 Å². The van der Waals surface area contributed by atoms with Crippen LogP contribution < -0.4 is 15.4 Å². The number of anilines is 1. The summed E-state index contributed by atoms with van der Waals surface area (Å²) in [5.41, 5.74) is 2.97. The van der Waals surface area contributed by atoms with Crippen molar-refractivity contribution < 1.29 is 14.3 Å². The number of carbonyl (C=O) groups is 2. The van der Waals surface area contributed by atoms with E-state index in [1.165, 1.54) is 13.5 Å². The first-order valence-corrected chi connectivity index (χ1v) is 11.3. The second kappa shape index (κ2) is 9.42. The second-order valence-electron chi connectivity index (χ2n) is 8.29. The molecule has 7 heteroatoms. The van der Waals surface area contributed by atoms with E-state index in [0.29, 0.717) is 28.1 Å². The summed E-state index contributed by atoms with van der Waals surface area (Å²) < 4.78 is 7.31. The Morgan fingerprint density at radius 2 is 1.88 bits per heavy atom. The minimum absolute atomic E-state index is 0.129. The van der Waals surface area contributed by atoms with Crippen LogP contribution in [0.4, 0.5) is 5.69 Å². The number of ether oxygens (including phenoxy) is 1. The van der Waals surface area contributed by atoms with E-state index in [0.717, 1.165) is 43.4 Å². The van der Waals surface area contributed by atoms with Crippen LogP contribution in [0.3, 0.4) is 0 Å². The number of fused-ring (bicyclic) bond motifs is 1. The number of rotatable bonds is 6. The van der Waals surface area contributed by atoms with Crippen molar-refractivity contribution in [1.82, 2.24) is 14.9 Å². The number of hydrogen-bond donors (Lipinski definition) is 2. The maximum Gasteiger partial charge on any atom is 0.259 e. The van der Waals surface area contributed by atoms with Crippen LogP contribution in [0.25, 0.3) is 11.0 Å². The van der Waals surface area contributed by atoms with Gasteiger partial charge in [-0.3, -0.25) is 9.59 Å². The Morgan fingerprint density at radius 3 is 2.59 bits per heavy atom. The molecule has 1 fully saturated rings. The zero-order valence-corrected chi connectivity index (χ0v) is 18.9. The van der Waals surface area contributed by atoms with Crippen molar-refractivity contribution in [3.8, 4) is 5.75 Å². The van der Waals surface area contributed by atoms with Crippen molar-refractivity contribution in [2.45, 2.75) is 51.5 Å². The highest BCUT2D eigenvalue weighted by molar-refractivity contribution is 6.11. The normalized spacial score (nSPS) is 14.3. The molecule has 32 heavy (non-hydrogen) atoms. The fourth-order valence-electron chi connectivity index (χ4n) is 4.48. The first-order chi connectivity index (χ1) is 15.5. The molecule has 0 aliphatic heterocycles. The van der Waals surface area contributed by atoms with Crippen molar-refractivity contribution in [3.63, 3.8) is 0 Å². The minimum atomic E-state index is -0.298. The third kappa shape index (κ3) is 4.33. The van der Waals surface area contributed by atoms with Gasteiger partial charge in [-0.05, 0) is 37.1 Å². The van der Waals surface area contributed by atoms with E-state index in [-0.39, 0.29) is 17.9 Å². The minimum Gasteiger partial charge on any atom is -0.496 e. The van der Waals surface area contributed by atoms with E-state index in [1.807, 2.05) is 30.7 Å². The van der Waals surface area contributed by atoms with Crippen LogP contribution in [0.1, 0.15) is 65.6 Å². The first kappa shape index (κ1) is 21.9. The molecule has 168 valence electrons. The van der Waals surface area contributed by atoms with Crippen LogP contribution in [0.5, 0.6) is 5.75 Å². The van der Waals surface area contributed by atoms with Gasteiger partial charge in [-0.15, -0.1) is 0 Å². The number of benzene rings is 2. The molecule has 2 amide bonds. The molecular formula is C25H30N4O3. The van der Waals surface area contributed by atoms with Crippen molar-refractivity contribution in [1.29, 1.82) is 0 Å². The van der Waals surface area contributed by atoms with Gasteiger partial charge in [0.1, 0.15) is 11.6 Å². The van der Waals surface area contributed by atoms with Crippen LogP contribution in [-0.2, 0) is 13.5 Å². The van der Waals surface area contributed by atoms with Crippen molar-refractivity contribution >= 4 is 28.5 Å². The molecule has 0 radical (unpaired) electrons. The molecule has 0 bridgehead atoms. The van der Waals surface area contributed by atoms with Gasteiger partial charge in [0, 0.05) is 25.1 Å². The lowest BCUT2D eigenvalue weighted by atomic mass is 9.95. The predicted octanol–water partition coefficient (Wildman–Crippen LogP) is 4.46. The van der Waals surface area contributed by atoms with Crippen LogP contribution in [0, 0.1) is 0 Å². The number of imidazole rings is 1. The first-order valence-electron chi connectivity index (χ1n) is 11.3. The van der Waals surface area contributed by atoms with E-state index < -0.39 is 0 Å². The van der Waals surface area contributed by atoms with Gasteiger partial charge in [0.05, 0.1) is 29.4 Å². The lowest BCUT2D eigenvalue weighted by molar-refractivity contribution is 0.0926. The number of hydrogen-bond acceptors (Lipinski definition) is 4. The Kier molecular flexibility index (Phi) is 6.44. The molecule has 1 saturated carbocycles. The summed E-state index contributed by atoms with van der Waals surface area (Å²) in [6.07, 6.45) is 6.28. The molecule has 1 aromatic heterocycles. The number of amides is 2. The maximum absolute atomic E-state index is 13.1. The number of nitrogens with one attached hydrogen (secondary N) is 2. The predicted molar refractivity (Wildman–Crippen MR) is 125 cm³/mol. The third-order valence-electron chi connectivity index (χ3n) is 6.18. The number of carbonyl (C=O) groups excluding carboxylic acids is 2. The van der Waals surface area contributed by atoms with Crippen molar-refractivity contribution in [3.05, 3.63) is 53.3 Å². The number of para-hydroxylation sites is 1. The van der Waals surface area contributed by atoms with Crippen molar-refractivity contribution in [2.75, 3.05) is 12.4 Å². The molecule has 2 aromatic carbocycles. The van der Waals surface area contributed by atoms with Gasteiger partial charge < -0.3 is 19.9 Å². The molecule has 7 nitrogen and oxygen atoms in total. The Morgan fingerprint density at radius 1 is 1.12 bits per heavy atom.